The summed E-state index contributed by atoms with van der Waals surface area (Å²) in [6, 6.07) is 15.3. The summed E-state index contributed by atoms with van der Waals surface area (Å²) >= 11 is 0. The highest BCUT2D eigenvalue weighted by molar-refractivity contribution is 5.94. The van der Waals surface area contributed by atoms with Crippen LogP contribution in [0.15, 0.2) is 53.3 Å². The molecular weight excluding hydrogens is 262 g/mol. The van der Waals surface area contributed by atoms with Crippen LogP contribution in [0, 0.1) is 0 Å². The molecule has 2 aromatic carbocycles. The normalized spacial score (nSPS) is 11.2. The first-order valence-electron chi connectivity index (χ1n) is 6.95. The van der Waals surface area contributed by atoms with Crippen molar-refractivity contribution in [2.45, 2.75) is 19.9 Å². The Bertz CT molecular complexity index is 851. The van der Waals surface area contributed by atoms with Gasteiger partial charge in [0, 0.05) is 22.7 Å². The SMILES string of the molecule is CC(C)n1c(=O)nc(-c2ccccc2)c2cc(N)ccc21. The summed E-state index contributed by atoms with van der Waals surface area (Å²) in [6.45, 7) is 3.95. The average Bonchev–Trinajstić information content (AvgIpc) is 2.47. The van der Waals surface area contributed by atoms with Crippen LogP contribution in [-0.2, 0) is 0 Å². The van der Waals surface area contributed by atoms with E-state index in [9.17, 15) is 4.79 Å². The van der Waals surface area contributed by atoms with Gasteiger partial charge in [-0.05, 0) is 32.0 Å². The first-order chi connectivity index (χ1) is 10.1. The van der Waals surface area contributed by atoms with E-state index in [-0.39, 0.29) is 11.7 Å². The van der Waals surface area contributed by atoms with Crippen molar-refractivity contribution in [2.24, 2.45) is 0 Å². The van der Waals surface area contributed by atoms with Gasteiger partial charge in [0.05, 0.1) is 11.2 Å². The van der Waals surface area contributed by atoms with E-state index in [1.54, 1.807) is 4.57 Å². The van der Waals surface area contributed by atoms with Crippen molar-refractivity contribution in [3.05, 3.63) is 59.0 Å². The molecule has 3 aromatic rings. The van der Waals surface area contributed by atoms with Crippen LogP contribution in [0.2, 0.25) is 0 Å². The average molecular weight is 279 g/mol. The number of hydrogen-bond acceptors (Lipinski definition) is 3. The van der Waals surface area contributed by atoms with E-state index in [0.29, 0.717) is 11.4 Å². The van der Waals surface area contributed by atoms with Crippen molar-refractivity contribution in [3.63, 3.8) is 0 Å². The van der Waals surface area contributed by atoms with E-state index in [4.69, 9.17) is 5.73 Å². The second-order valence-electron chi connectivity index (χ2n) is 5.35. The number of nitrogens with two attached hydrogens (primary N) is 1. The molecule has 1 aromatic heterocycles. The van der Waals surface area contributed by atoms with E-state index >= 15 is 0 Å². The first-order valence-corrected chi connectivity index (χ1v) is 6.95. The van der Waals surface area contributed by atoms with Gasteiger partial charge in [-0.1, -0.05) is 30.3 Å². The van der Waals surface area contributed by atoms with E-state index in [2.05, 4.69) is 4.98 Å². The monoisotopic (exact) mass is 279 g/mol. The third-order valence-electron chi connectivity index (χ3n) is 3.51. The molecule has 0 bridgehead atoms. The lowest BCUT2D eigenvalue weighted by Crippen LogP contribution is -2.25. The topological polar surface area (TPSA) is 60.9 Å². The first kappa shape index (κ1) is 13.4. The van der Waals surface area contributed by atoms with Crippen molar-refractivity contribution in [2.75, 3.05) is 5.73 Å². The minimum absolute atomic E-state index is 0.0425. The molecule has 0 aliphatic carbocycles. The van der Waals surface area contributed by atoms with Crippen molar-refractivity contribution in [1.82, 2.24) is 9.55 Å². The van der Waals surface area contributed by atoms with Crippen LogP contribution in [0.3, 0.4) is 0 Å². The molecule has 0 aliphatic rings. The molecule has 0 aliphatic heterocycles. The zero-order chi connectivity index (χ0) is 15.0. The van der Waals surface area contributed by atoms with Crippen LogP contribution >= 0.6 is 0 Å². The summed E-state index contributed by atoms with van der Waals surface area (Å²) in [5.41, 5.74) is 8.80. The third kappa shape index (κ3) is 2.29. The predicted octanol–water partition coefficient (Wildman–Crippen LogP) is 3.23. The summed E-state index contributed by atoms with van der Waals surface area (Å²) in [7, 11) is 0. The molecule has 0 saturated carbocycles. The highest BCUT2D eigenvalue weighted by Gasteiger charge is 2.13. The highest BCUT2D eigenvalue weighted by atomic mass is 16.1. The standard InChI is InChI=1S/C17H17N3O/c1-11(2)20-15-9-8-13(18)10-14(15)16(19-17(20)21)12-6-4-3-5-7-12/h3-11H,18H2,1-2H3. The molecular formula is C17H17N3O. The molecule has 0 amide bonds. The Balaban J connectivity index is 2.44. The van der Waals surface area contributed by atoms with Crippen molar-refractivity contribution < 1.29 is 0 Å². The lowest BCUT2D eigenvalue weighted by molar-refractivity contribution is 0.587. The minimum atomic E-state index is -0.235. The van der Waals surface area contributed by atoms with Crippen molar-refractivity contribution in [3.8, 4) is 11.3 Å². The van der Waals surface area contributed by atoms with Gasteiger partial charge >= 0.3 is 5.69 Å². The van der Waals surface area contributed by atoms with Gasteiger partial charge in [-0.3, -0.25) is 4.57 Å². The Labute approximate surface area is 122 Å². The van der Waals surface area contributed by atoms with Crippen LogP contribution in [0.25, 0.3) is 22.2 Å². The molecule has 2 N–H and O–H groups in total. The Morgan fingerprint density at radius 3 is 2.48 bits per heavy atom. The van der Waals surface area contributed by atoms with E-state index in [0.717, 1.165) is 16.5 Å². The molecule has 4 heteroatoms. The third-order valence-corrected chi connectivity index (χ3v) is 3.51. The van der Waals surface area contributed by atoms with Gasteiger partial charge in [-0.25, -0.2) is 4.79 Å². The number of nitrogens with zero attached hydrogens (tertiary/aromatic N) is 2. The molecule has 0 saturated heterocycles. The van der Waals surface area contributed by atoms with Crippen molar-refractivity contribution >= 4 is 16.6 Å². The summed E-state index contributed by atoms with van der Waals surface area (Å²) in [4.78, 5) is 16.7. The number of nitrogen functional groups attached to an aromatic ring is 1. The molecule has 0 atom stereocenters. The van der Waals surface area contributed by atoms with Gasteiger partial charge in [0.25, 0.3) is 0 Å². The van der Waals surface area contributed by atoms with Gasteiger partial charge in [0.15, 0.2) is 0 Å². The molecule has 0 spiro atoms. The minimum Gasteiger partial charge on any atom is -0.399 e. The zero-order valence-corrected chi connectivity index (χ0v) is 12.1. The van der Waals surface area contributed by atoms with Crippen LogP contribution < -0.4 is 11.4 Å². The summed E-state index contributed by atoms with van der Waals surface area (Å²) < 4.78 is 1.70. The van der Waals surface area contributed by atoms with Crippen molar-refractivity contribution in [1.29, 1.82) is 0 Å². The summed E-state index contributed by atoms with van der Waals surface area (Å²) in [5.74, 6) is 0. The smallest absolute Gasteiger partial charge is 0.348 e. The quantitative estimate of drug-likeness (QED) is 0.733. The van der Waals surface area contributed by atoms with Crippen LogP contribution in [-0.4, -0.2) is 9.55 Å². The Morgan fingerprint density at radius 1 is 1.10 bits per heavy atom. The Morgan fingerprint density at radius 2 is 1.81 bits per heavy atom. The molecule has 0 radical (unpaired) electrons. The number of fused-ring (bicyclic) bond motifs is 1. The molecule has 0 fully saturated rings. The van der Waals surface area contributed by atoms with Gasteiger partial charge in [0.1, 0.15) is 0 Å². The number of rotatable bonds is 2. The van der Waals surface area contributed by atoms with Crippen LogP contribution in [0.4, 0.5) is 5.69 Å². The van der Waals surface area contributed by atoms with Gasteiger partial charge in [-0.2, -0.15) is 4.98 Å². The maximum absolute atomic E-state index is 12.4. The number of aromatic nitrogens is 2. The lowest BCUT2D eigenvalue weighted by atomic mass is 10.1. The second kappa shape index (κ2) is 5.05. The lowest BCUT2D eigenvalue weighted by Gasteiger charge is -2.16. The Kier molecular flexibility index (Phi) is 3.22. The highest BCUT2D eigenvalue weighted by Crippen LogP contribution is 2.27. The second-order valence-corrected chi connectivity index (χ2v) is 5.35. The largest absolute Gasteiger partial charge is 0.399 e. The molecule has 106 valence electrons. The van der Waals surface area contributed by atoms with E-state index in [1.807, 2.05) is 62.4 Å². The summed E-state index contributed by atoms with van der Waals surface area (Å²) in [5, 5.41) is 0.898. The maximum atomic E-state index is 12.4. The van der Waals surface area contributed by atoms with Crippen LogP contribution in [0.5, 0.6) is 0 Å². The molecule has 0 unspecified atom stereocenters. The maximum Gasteiger partial charge on any atom is 0.348 e. The predicted molar refractivity (Wildman–Crippen MR) is 86.2 cm³/mol. The number of benzene rings is 2. The number of anilines is 1. The van der Waals surface area contributed by atoms with Gasteiger partial charge in [0.2, 0.25) is 0 Å². The zero-order valence-electron chi connectivity index (χ0n) is 12.1. The fourth-order valence-corrected chi connectivity index (χ4v) is 2.58. The number of hydrogen-bond donors (Lipinski definition) is 1. The molecule has 1 heterocycles. The van der Waals surface area contributed by atoms with E-state index in [1.165, 1.54) is 0 Å². The van der Waals surface area contributed by atoms with Crippen LogP contribution in [0.1, 0.15) is 19.9 Å². The fraction of sp³-hybridized carbons (Fsp3) is 0.176. The molecule has 21 heavy (non-hydrogen) atoms. The molecule has 4 nitrogen and oxygen atoms in total. The molecule has 3 rings (SSSR count). The summed E-state index contributed by atoms with van der Waals surface area (Å²) in [6.07, 6.45) is 0. The fourth-order valence-electron chi connectivity index (χ4n) is 2.58. The van der Waals surface area contributed by atoms with Gasteiger partial charge in [-0.15, -0.1) is 0 Å². The van der Waals surface area contributed by atoms with E-state index < -0.39 is 0 Å². The Hall–Kier alpha value is -2.62. The van der Waals surface area contributed by atoms with Gasteiger partial charge < -0.3 is 5.73 Å².